The molecule has 0 saturated carbocycles. The topological polar surface area (TPSA) is 74.7 Å². The number of carboxylic acids is 1. The lowest BCUT2D eigenvalue weighted by Gasteiger charge is -2.25. The van der Waals surface area contributed by atoms with E-state index in [1.807, 2.05) is 39.8 Å². The van der Waals surface area contributed by atoms with Crippen LogP contribution in [0.5, 0.6) is 0 Å². The highest BCUT2D eigenvalue weighted by Gasteiger charge is 2.25. The molecule has 150 valence electrons. The summed E-state index contributed by atoms with van der Waals surface area (Å²) in [6.07, 6.45) is 3.62. The lowest BCUT2D eigenvalue weighted by atomic mass is 10.0. The van der Waals surface area contributed by atoms with Crippen LogP contribution in [-0.4, -0.2) is 34.4 Å². The van der Waals surface area contributed by atoms with E-state index in [0.717, 1.165) is 54.1 Å². The second-order valence-corrected chi connectivity index (χ2v) is 7.88. The van der Waals surface area contributed by atoms with Crippen molar-refractivity contribution in [1.29, 1.82) is 0 Å². The van der Waals surface area contributed by atoms with Crippen LogP contribution in [0.3, 0.4) is 0 Å². The third-order valence-electron chi connectivity index (χ3n) is 4.84. The average molecular weight is 394 g/mol. The third-order valence-corrected chi connectivity index (χ3v) is 5.85. The number of carbonyl (C=O) groups excluding carboxylic acids is 2. The molecule has 0 spiro atoms. The summed E-state index contributed by atoms with van der Waals surface area (Å²) in [5, 5.41) is 9.30. The summed E-state index contributed by atoms with van der Waals surface area (Å²) in [6, 6.07) is 3.84. The van der Waals surface area contributed by atoms with E-state index in [4.69, 9.17) is 0 Å². The Hall–Kier alpha value is -1.82. The zero-order valence-electron chi connectivity index (χ0n) is 17.0. The number of thioether (sulfide) groups is 1. The van der Waals surface area contributed by atoms with Gasteiger partial charge in [0.2, 0.25) is 5.91 Å². The Morgan fingerprint density at radius 2 is 1.74 bits per heavy atom. The van der Waals surface area contributed by atoms with Gasteiger partial charge in [-0.1, -0.05) is 50.6 Å². The Morgan fingerprint density at radius 3 is 2.30 bits per heavy atom. The van der Waals surface area contributed by atoms with Gasteiger partial charge in [0.15, 0.2) is 5.12 Å². The first-order valence-corrected chi connectivity index (χ1v) is 10.5. The summed E-state index contributed by atoms with van der Waals surface area (Å²) in [5.74, 6) is -1.51. The van der Waals surface area contributed by atoms with Gasteiger partial charge in [-0.05, 0) is 50.3 Å². The summed E-state index contributed by atoms with van der Waals surface area (Å²) in [7, 11) is 0. The van der Waals surface area contributed by atoms with E-state index in [2.05, 4.69) is 6.92 Å². The van der Waals surface area contributed by atoms with Crippen molar-refractivity contribution in [3.05, 3.63) is 28.8 Å². The second-order valence-electron chi connectivity index (χ2n) is 6.90. The third kappa shape index (κ3) is 6.69. The number of amides is 1. The van der Waals surface area contributed by atoms with Gasteiger partial charge in [-0.25, -0.2) is 0 Å². The zero-order valence-corrected chi connectivity index (χ0v) is 17.8. The maximum atomic E-state index is 12.8. The number of nitrogens with zero attached hydrogens (tertiary/aromatic N) is 1. The lowest BCUT2D eigenvalue weighted by molar-refractivity contribution is -0.136. The number of hydrogen-bond donors (Lipinski definition) is 1. The van der Waals surface area contributed by atoms with E-state index in [1.54, 1.807) is 0 Å². The number of hydrogen-bond acceptors (Lipinski definition) is 4. The van der Waals surface area contributed by atoms with Crippen LogP contribution >= 0.6 is 11.8 Å². The van der Waals surface area contributed by atoms with Gasteiger partial charge in [0.05, 0.1) is 11.4 Å². The maximum Gasteiger partial charge on any atom is 0.323 e. The van der Waals surface area contributed by atoms with Crippen LogP contribution in [0.1, 0.15) is 56.2 Å². The van der Waals surface area contributed by atoms with E-state index >= 15 is 0 Å². The van der Waals surface area contributed by atoms with Gasteiger partial charge in [0, 0.05) is 5.92 Å². The maximum absolute atomic E-state index is 12.8. The number of carboxylic acid groups (broad SMARTS) is 1. The summed E-state index contributed by atoms with van der Waals surface area (Å²) < 4.78 is 0. The van der Waals surface area contributed by atoms with Gasteiger partial charge in [0.1, 0.15) is 6.54 Å². The molecule has 1 amide bonds. The van der Waals surface area contributed by atoms with Crippen molar-refractivity contribution in [2.45, 2.75) is 60.3 Å². The molecule has 0 aliphatic heterocycles. The first kappa shape index (κ1) is 23.2. The molecule has 1 N–H and O–H groups in total. The minimum Gasteiger partial charge on any atom is -0.480 e. The van der Waals surface area contributed by atoms with Crippen LogP contribution in [0.2, 0.25) is 0 Å². The highest BCUT2D eigenvalue weighted by molar-refractivity contribution is 8.14. The van der Waals surface area contributed by atoms with Crippen molar-refractivity contribution >= 4 is 34.4 Å². The van der Waals surface area contributed by atoms with Crippen LogP contribution in [0.4, 0.5) is 5.69 Å². The van der Waals surface area contributed by atoms with Crippen molar-refractivity contribution in [3.63, 3.8) is 0 Å². The molecule has 0 radical (unpaired) electrons. The molecular formula is C21H31NO4S. The molecule has 0 aromatic heterocycles. The smallest absolute Gasteiger partial charge is 0.323 e. The molecule has 0 fully saturated rings. The fourth-order valence-corrected chi connectivity index (χ4v) is 3.99. The molecular weight excluding hydrogens is 362 g/mol. The normalized spacial score (nSPS) is 11.9. The number of aryl methyl sites for hydroxylation is 2. The second kappa shape index (κ2) is 11.1. The van der Waals surface area contributed by atoms with E-state index in [9.17, 15) is 19.5 Å². The Morgan fingerprint density at radius 1 is 1.11 bits per heavy atom. The van der Waals surface area contributed by atoms with E-state index in [0.29, 0.717) is 5.69 Å². The van der Waals surface area contributed by atoms with Gasteiger partial charge in [0.25, 0.3) is 0 Å². The van der Waals surface area contributed by atoms with Crippen LogP contribution in [0.25, 0.3) is 0 Å². The Kier molecular flexibility index (Phi) is 9.56. The van der Waals surface area contributed by atoms with Crippen LogP contribution in [0.15, 0.2) is 12.1 Å². The van der Waals surface area contributed by atoms with Gasteiger partial charge >= 0.3 is 5.97 Å². The van der Waals surface area contributed by atoms with Crippen LogP contribution in [0, 0.1) is 26.7 Å². The van der Waals surface area contributed by atoms with Gasteiger partial charge in [-0.3, -0.25) is 19.3 Å². The summed E-state index contributed by atoms with van der Waals surface area (Å²) in [5.41, 5.74) is 3.36. The predicted molar refractivity (Wildman–Crippen MR) is 111 cm³/mol. The van der Waals surface area contributed by atoms with Crippen molar-refractivity contribution in [2.75, 3.05) is 17.2 Å². The predicted octanol–water partition coefficient (Wildman–Crippen LogP) is 4.51. The quantitative estimate of drug-likeness (QED) is 0.633. The zero-order chi connectivity index (χ0) is 20.6. The molecule has 1 atom stereocenters. The molecule has 5 nitrogen and oxygen atoms in total. The Bertz CT molecular complexity index is 687. The highest BCUT2D eigenvalue weighted by atomic mass is 32.2. The van der Waals surface area contributed by atoms with Gasteiger partial charge in [-0.2, -0.15) is 0 Å². The van der Waals surface area contributed by atoms with Crippen molar-refractivity contribution < 1.29 is 19.5 Å². The van der Waals surface area contributed by atoms with Gasteiger partial charge < -0.3 is 5.11 Å². The SMILES string of the molecule is CCCCC(CC)C(=O)SCC(=O)N(CC(=O)O)c1c(C)ccc(C)c1C. The molecule has 0 bridgehead atoms. The largest absolute Gasteiger partial charge is 0.480 e. The first-order valence-electron chi connectivity index (χ1n) is 9.48. The van der Waals surface area contributed by atoms with Crippen molar-refractivity contribution in [2.24, 2.45) is 5.92 Å². The van der Waals surface area contributed by atoms with Crippen molar-refractivity contribution in [3.8, 4) is 0 Å². The van der Waals surface area contributed by atoms with Crippen LogP contribution in [-0.2, 0) is 14.4 Å². The highest BCUT2D eigenvalue weighted by Crippen LogP contribution is 2.28. The first-order chi connectivity index (χ1) is 12.7. The molecule has 1 unspecified atom stereocenters. The van der Waals surface area contributed by atoms with Crippen LogP contribution < -0.4 is 4.90 Å². The fourth-order valence-electron chi connectivity index (χ4n) is 3.05. The molecule has 1 aromatic carbocycles. The summed E-state index contributed by atoms with van der Waals surface area (Å²) in [4.78, 5) is 37.9. The summed E-state index contributed by atoms with van der Waals surface area (Å²) >= 11 is 1.01. The van der Waals surface area contributed by atoms with E-state index < -0.39 is 12.5 Å². The fraction of sp³-hybridized carbons (Fsp3) is 0.571. The average Bonchev–Trinajstić information content (AvgIpc) is 2.62. The Balaban J connectivity index is 2.96. The molecule has 1 rings (SSSR count). The Labute approximate surface area is 166 Å². The molecule has 6 heteroatoms. The minimum atomic E-state index is -1.07. The van der Waals surface area contributed by atoms with E-state index in [-0.39, 0.29) is 22.7 Å². The molecule has 27 heavy (non-hydrogen) atoms. The van der Waals surface area contributed by atoms with E-state index in [1.165, 1.54) is 4.90 Å². The monoisotopic (exact) mass is 393 g/mol. The molecule has 1 aromatic rings. The number of anilines is 1. The standard InChI is InChI=1S/C21H31NO4S/c1-6-8-9-17(7-2)21(26)27-13-18(23)22(12-19(24)25)20-15(4)11-10-14(3)16(20)5/h10-11,17H,6-9,12-13H2,1-5H3,(H,24,25). The van der Waals surface area contributed by atoms with Gasteiger partial charge in [-0.15, -0.1) is 0 Å². The molecule has 0 saturated heterocycles. The number of carbonyl (C=O) groups is 3. The number of unbranched alkanes of at least 4 members (excludes halogenated alkanes) is 1. The molecule has 0 aliphatic rings. The number of rotatable bonds is 10. The number of aliphatic carboxylic acids is 1. The lowest BCUT2D eigenvalue weighted by Crippen LogP contribution is -2.38. The minimum absolute atomic E-state index is 0.0206. The number of benzene rings is 1. The summed E-state index contributed by atoms with van der Waals surface area (Å²) in [6.45, 7) is 9.34. The van der Waals surface area contributed by atoms with Crippen molar-refractivity contribution in [1.82, 2.24) is 0 Å². The molecule has 0 heterocycles. The molecule has 0 aliphatic carbocycles.